The standard InChI is InChI=1S/C30H29NO4/c1-20-6-13-25(14-7-20)29(32)27-18-31(28-15-8-21(2)17-26(27)28)16-4-5-23-9-11-24(12-10-23)19-35-22(3)30(33)34/h4-15,17-18,22H,16,19H2,1-3H3,(H,33,34)/t22-/m0/s1. The molecule has 1 atom stereocenters. The summed E-state index contributed by atoms with van der Waals surface area (Å²) in [5.74, 6) is -0.945. The third-order valence-electron chi connectivity index (χ3n) is 6.03. The lowest BCUT2D eigenvalue weighted by atomic mass is 10.0. The van der Waals surface area contributed by atoms with Crippen molar-refractivity contribution >= 4 is 28.7 Å². The quantitative estimate of drug-likeness (QED) is 0.298. The van der Waals surface area contributed by atoms with Crippen LogP contribution in [0.25, 0.3) is 17.0 Å². The van der Waals surface area contributed by atoms with Crippen molar-refractivity contribution in [2.75, 3.05) is 0 Å². The van der Waals surface area contributed by atoms with E-state index >= 15 is 0 Å². The molecular formula is C30H29NO4. The zero-order valence-corrected chi connectivity index (χ0v) is 20.2. The number of carboxylic acid groups (broad SMARTS) is 1. The Hall–Kier alpha value is -3.96. The molecule has 1 N–H and O–H groups in total. The SMILES string of the molecule is Cc1ccc(C(=O)c2cn(CC=Cc3ccc(CO[C@@H](C)C(=O)O)cc3)c3ccc(C)cc23)cc1. The summed E-state index contributed by atoms with van der Waals surface area (Å²) in [4.78, 5) is 24.2. The van der Waals surface area contributed by atoms with Crippen molar-refractivity contribution in [2.24, 2.45) is 0 Å². The van der Waals surface area contributed by atoms with E-state index in [4.69, 9.17) is 9.84 Å². The molecule has 3 aromatic carbocycles. The van der Waals surface area contributed by atoms with Crippen LogP contribution in [0.5, 0.6) is 0 Å². The van der Waals surface area contributed by atoms with Crippen molar-refractivity contribution < 1.29 is 19.4 Å². The Bertz CT molecular complexity index is 1380. The van der Waals surface area contributed by atoms with E-state index in [-0.39, 0.29) is 12.4 Å². The predicted octanol–water partition coefficient (Wildman–Crippen LogP) is 6.19. The fraction of sp³-hybridized carbons (Fsp3) is 0.200. The average molecular weight is 468 g/mol. The first kappa shape index (κ1) is 24.2. The summed E-state index contributed by atoms with van der Waals surface area (Å²) in [7, 11) is 0. The van der Waals surface area contributed by atoms with Crippen molar-refractivity contribution in [3.63, 3.8) is 0 Å². The summed E-state index contributed by atoms with van der Waals surface area (Å²) in [6.45, 7) is 6.45. The van der Waals surface area contributed by atoms with E-state index in [9.17, 15) is 9.59 Å². The van der Waals surface area contributed by atoms with Gasteiger partial charge >= 0.3 is 5.97 Å². The lowest BCUT2D eigenvalue weighted by Gasteiger charge is -2.08. The van der Waals surface area contributed by atoms with Crippen LogP contribution in [-0.4, -0.2) is 27.5 Å². The van der Waals surface area contributed by atoms with Crippen molar-refractivity contribution in [1.29, 1.82) is 0 Å². The van der Waals surface area contributed by atoms with Crippen LogP contribution >= 0.6 is 0 Å². The van der Waals surface area contributed by atoms with Crippen LogP contribution in [0.2, 0.25) is 0 Å². The van der Waals surface area contributed by atoms with Gasteiger partial charge in [0.2, 0.25) is 0 Å². The van der Waals surface area contributed by atoms with Crippen LogP contribution in [0.4, 0.5) is 0 Å². The lowest BCUT2D eigenvalue weighted by Crippen LogP contribution is -2.19. The number of hydrogen-bond acceptors (Lipinski definition) is 3. The highest BCUT2D eigenvalue weighted by molar-refractivity contribution is 6.16. The van der Waals surface area contributed by atoms with Crippen LogP contribution in [0.3, 0.4) is 0 Å². The van der Waals surface area contributed by atoms with Crippen molar-refractivity contribution in [3.05, 3.63) is 112 Å². The molecule has 0 amide bonds. The molecule has 35 heavy (non-hydrogen) atoms. The zero-order chi connectivity index (χ0) is 24.9. The van der Waals surface area contributed by atoms with Crippen molar-refractivity contribution in [2.45, 2.75) is 40.0 Å². The Morgan fingerprint density at radius 3 is 2.34 bits per heavy atom. The molecule has 0 bridgehead atoms. The molecule has 0 saturated carbocycles. The maximum atomic E-state index is 13.3. The average Bonchev–Trinajstić information content (AvgIpc) is 3.20. The number of nitrogens with zero attached hydrogens (tertiary/aromatic N) is 1. The first-order valence-electron chi connectivity index (χ1n) is 11.6. The highest BCUT2D eigenvalue weighted by Crippen LogP contribution is 2.26. The van der Waals surface area contributed by atoms with E-state index in [2.05, 4.69) is 28.8 Å². The molecule has 0 saturated heterocycles. The molecule has 5 nitrogen and oxygen atoms in total. The van der Waals surface area contributed by atoms with E-state index in [1.54, 1.807) is 0 Å². The monoisotopic (exact) mass is 467 g/mol. The molecule has 1 aromatic heterocycles. The van der Waals surface area contributed by atoms with E-state index < -0.39 is 12.1 Å². The number of carbonyl (C=O) groups is 2. The van der Waals surface area contributed by atoms with Crippen LogP contribution in [0, 0.1) is 13.8 Å². The van der Waals surface area contributed by atoms with E-state index in [0.29, 0.717) is 17.7 Å². The first-order valence-corrected chi connectivity index (χ1v) is 11.6. The summed E-state index contributed by atoms with van der Waals surface area (Å²) in [5.41, 5.74) is 6.61. The fourth-order valence-corrected chi connectivity index (χ4v) is 3.92. The number of aryl methyl sites for hydroxylation is 2. The number of rotatable bonds is 9. The molecule has 4 aromatic rings. The van der Waals surface area contributed by atoms with Gasteiger partial charge in [0.1, 0.15) is 0 Å². The largest absolute Gasteiger partial charge is 0.479 e. The second kappa shape index (κ2) is 10.5. The number of carboxylic acids is 1. The van der Waals surface area contributed by atoms with Gasteiger partial charge < -0.3 is 14.4 Å². The van der Waals surface area contributed by atoms with Crippen molar-refractivity contribution in [1.82, 2.24) is 4.57 Å². The van der Waals surface area contributed by atoms with Gasteiger partial charge in [0, 0.05) is 34.8 Å². The molecule has 0 fully saturated rings. The summed E-state index contributed by atoms with van der Waals surface area (Å²) in [6, 6.07) is 21.7. The smallest absolute Gasteiger partial charge is 0.332 e. The Balaban J connectivity index is 1.51. The predicted molar refractivity (Wildman–Crippen MR) is 139 cm³/mol. The van der Waals surface area contributed by atoms with Gasteiger partial charge in [-0.2, -0.15) is 0 Å². The molecule has 0 aliphatic carbocycles. The normalized spacial score (nSPS) is 12.3. The van der Waals surface area contributed by atoms with Crippen LogP contribution in [-0.2, 0) is 22.7 Å². The van der Waals surface area contributed by atoms with Crippen LogP contribution in [0.1, 0.15) is 45.1 Å². The lowest BCUT2D eigenvalue weighted by molar-refractivity contribution is -0.149. The molecule has 0 radical (unpaired) electrons. The number of fused-ring (bicyclic) bond motifs is 1. The number of carbonyl (C=O) groups excluding carboxylic acids is 1. The van der Waals surface area contributed by atoms with E-state index in [1.165, 1.54) is 6.92 Å². The number of ketones is 1. The number of aromatic nitrogens is 1. The molecule has 1 heterocycles. The van der Waals surface area contributed by atoms with E-state index in [0.717, 1.165) is 33.2 Å². The maximum Gasteiger partial charge on any atom is 0.332 e. The highest BCUT2D eigenvalue weighted by Gasteiger charge is 2.16. The molecule has 0 unspecified atom stereocenters. The summed E-state index contributed by atoms with van der Waals surface area (Å²) in [5, 5.41) is 9.88. The summed E-state index contributed by atoms with van der Waals surface area (Å²) >= 11 is 0. The molecule has 0 spiro atoms. The Labute approximate surface area is 205 Å². The summed E-state index contributed by atoms with van der Waals surface area (Å²) < 4.78 is 7.43. The maximum absolute atomic E-state index is 13.3. The van der Waals surface area contributed by atoms with Gasteiger partial charge in [-0.05, 0) is 44.0 Å². The Kier molecular flexibility index (Phi) is 7.28. The third-order valence-corrected chi connectivity index (χ3v) is 6.03. The molecule has 0 aliphatic rings. The minimum atomic E-state index is -0.971. The molecule has 5 heteroatoms. The number of aliphatic carboxylic acids is 1. The van der Waals surface area contributed by atoms with Crippen LogP contribution < -0.4 is 0 Å². The van der Waals surface area contributed by atoms with Gasteiger partial charge in [0.25, 0.3) is 0 Å². The number of allylic oxidation sites excluding steroid dienone is 1. The second-order valence-electron chi connectivity index (χ2n) is 8.85. The molecule has 178 valence electrons. The summed E-state index contributed by atoms with van der Waals surface area (Å²) in [6.07, 6.45) is 5.21. The minimum Gasteiger partial charge on any atom is -0.479 e. The molecular weight excluding hydrogens is 438 g/mol. The first-order chi connectivity index (χ1) is 16.8. The van der Waals surface area contributed by atoms with E-state index in [1.807, 2.05) is 74.7 Å². The van der Waals surface area contributed by atoms with Crippen molar-refractivity contribution in [3.8, 4) is 0 Å². The Morgan fingerprint density at radius 1 is 0.971 bits per heavy atom. The number of benzene rings is 3. The minimum absolute atomic E-state index is 0.0263. The molecule has 4 rings (SSSR count). The zero-order valence-electron chi connectivity index (χ0n) is 20.2. The molecule has 0 aliphatic heterocycles. The highest BCUT2D eigenvalue weighted by atomic mass is 16.5. The van der Waals surface area contributed by atoms with Crippen LogP contribution in [0.15, 0.2) is 79.0 Å². The van der Waals surface area contributed by atoms with Gasteiger partial charge in [-0.15, -0.1) is 0 Å². The topological polar surface area (TPSA) is 68.5 Å². The second-order valence-corrected chi connectivity index (χ2v) is 8.85. The van der Waals surface area contributed by atoms with Gasteiger partial charge in [0.15, 0.2) is 11.9 Å². The number of ether oxygens (including phenoxy) is 1. The third kappa shape index (κ3) is 5.76. The van der Waals surface area contributed by atoms with Gasteiger partial charge in [-0.3, -0.25) is 4.79 Å². The van der Waals surface area contributed by atoms with Gasteiger partial charge in [-0.1, -0.05) is 77.9 Å². The van der Waals surface area contributed by atoms with Gasteiger partial charge in [0.05, 0.1) is 6.61 Å². The fourth-order valence-electron chi connectivity index (χ4n) is 3.92. The Morgan fingerprint density at radius 2 is 1.66 bits per heavy atom. The number of hydrogen-bond donors (Lipinski definition) is 1. The van der Waals surface area contributed by atoms with Gasteiger partial charge in [-0.25, -0.2) is 4.79 Å².